The Labute approximate surface area is 121 Å². The number of thiazole rings is 1. The van der Waals surface area contributed by atoms with E-state index in [1.165, 1.54) is 4.70 Å². The molecule has 0 atom stereocenters. The predicted molar refractivity (Wildman–Crippen MR) is 83.1 cm³/mol. The molecule has 1 N–H and O–H groups in total. The number of nitrogens with zero attached hydrogens (tertiary/aromatic N) is 1. The van der Waals surface area contributed by atoms with Gasteiger partial charge < -0.3 is 5.32 Å². The van der Waals surface area contributed by atoms with E-state index >= 15 is 0 Å². The summed E-state index contributed by atoms with van der Waals surface area (Å²) in [5, 5.41) is 5.26. The van der Waals surface area contributed by atoms with Crippen molar-refractivity contribution in [2.24, 2.45) is 0 Å². The fraction of sp³-hybridized carbons (Fsp3) is 0.133. The van der Waals surface area contributed by atoms with Crippen molar-refractivity contribution in [1.82, 2.24) is 4.98 Å². The summed E-state index contributed by atoms with van der Waals surface area (Å²) in [5.41, 5.74) is 3.20. The molecule has 0 fully saturated rings. The topological polar surface area (TPSA) is 24.9 Å². The van der Waals surface area contributed by atoms with Crippen LogP contribution in [-0.2, 0) is 6.54 Å². The van der Waals surface area contributed by atoms with Crippen molar-refractivity contribution in [3.63, 3.8) is 0 Å². The molecule has 4 heteroatoms. The third-order valence-corrected chi connectivity index (χ3v) is 4.48. The van der Waals surface area contributed by atoms with Gasteiger partial charge in [-0.15, -0.1) is 11.3 Å². The summed E-state index contributed by atoms with van der Waals surface area (Å²) in [6.45, 7) is 2.74. The minimum absolute atomic E-state index is 0.723. The first-order chi connectivity index (χ1) is 9.24. The van der Waals surface area contributed by atoms with E-state index in [0.29, 0.717) is 0 Å². The van der Waals surface area contributed by atoms with Crippen molar-refractivity contribution in [2.75, 3.05) is 5.32 Å². The number of nitrogens with one attached hydrogen (secondary N) is 1. The summed E-state index contributed by atoms with van der Waals surface area (Å²) < 4.78 is 1.22. The van der Waals surface area contributed by atoms with Crippen molar-refractivity contribution in [3.05, 3.63) is 58.1 Å². The Balaban J connectivity index is 1.80. The highest BCUT2D eigenvalue weighted by atomic mass is 35.5. The molecule has 2 nitrogen and oxygen atoms in total. The minimum Gasteiger partial charge on any atom is -0.378 e. The number of para-hydroxylation sites is 1. The quantitative estimate of drug-likeness (QED) is 0.744. The largest absolute Gasteiger partial charge is 0.378 e. The van der Waals surface area contributed by atoms with Gasteiger partial charge in [0.2, 0.25) is 0 Å². The smallest absolute Gasteiger partial charge is 0.113 e. The second-order valence-corrected chi connectivity index (χ2v) is 5.86. The molecule has 0 saturated heterocycles. The van der Waals surface area contributed by atoms with E-state index in [1.807, 2.05) is 43.3 Å². The number of rotatable bonds is 3. The van der Waals surface area contributed by atoms with Crippen LogP contribution in [-0.4, -0.2) is 4.98 Å². The predicted octanol–water partition coefficient (Wildman–Crippen LogP) is 4.87. The van der Waals surface area contributed by atoms with Crippen LogP contribution < -0.4 is 5.32 Å². The van der Waals surface area contributed by atoms with E-state index in [1.54, 1.807) is 11.3 Å². The van der Waals surface area contributed by atoms with Gasteiger partial charge in [0, 0.05) is 10.7 Å². The SMILES string of the molecule is Cc1c(Cl)cccc1NCc1nc2ccccc2s1. The van der Waals surface area contributed by atoms with Gasteiger partial charge in [-0.25, -0.2) is 4.98 Å². The van der Waals surface area contributed by atoms with E-state index in [4.69, 9.17) is 11.6 Å². The maximum atomic E-state index is 6.11. The van der Waals surface area contributed by atoms with Crippen molar-refractivity contribution in [2.45, 2.75) is 13.5 Å². The summed E-state index contributed by atoms with van der Waals surface area (Å²) in [6, 6.07) is 14.1. The molecule has 0 spiro atoms. The zero-order valence-electron chi connectivity index (χ0n) is 10.5. The van der Waals surface area contributed by atoms with E-state index in [-0.39, 0.29) is 0 Å². The Morgan fingerprint density at radius 2 is 2.00 bits per heavy atom. The summed E-state index contributed by atoms with van der Waals surface area (Å²) in [4.78, 5) is 4.60. The standard InChI is InChI=1S/C15H13ClN2S/c1-10-11(16)5-4-7-12(10)17-9-15-18-13-6-2-3-8-14(13)19-15/h2-8,17H,9H2,1H3. The number of benzene rings is 2. The lowest BCUT2D eigenvalue weighted by Gasteiger charge is -2.08. The Bertz CT molecular complexity index is 688. The molecule has 96 valence electrons. The normalized spacial score (nSPS) is 10.8. The average molecular weight is 289 g/mol. The number of anilines is 1. The lowest BCUT2D eigenvalue weighted by molar-refractivity contribution is 1.11. The monoisotopic (exact) mass is 288 g/mol. The first kappa shape index (κ1) is 12.5. The maximum Gasteiger partial charge on any atom is 0.113 e. The minimum atomic E-state index is 0.723. The number of hydrogen-bond donors (Lipinski definition) is 1. The first-order valence-electron chi connectivity index (χ1n) is 6.07. The molecular formula is C15H13ClN2S. The lowest BCUT2D eigenvalue weighted by Crippen LogP contribution is -2.00. The first-order valence-corrected chi connectivity index (χ1v) is 7.27. The molecule has 1 heterocycles. The number of aromatic nitrogens is 1. The Kier molecular flexibility index (Phi) is 3.40. The van der Waals surface area contributed by atoms with Gasteiger partial charge in [-0.3, -0.25) is 0 Å². The number of fused-ring (bicyclic) bond motifs is 1. The molecule has 0 aliphatic carbocycles. The zero-order chi connectivity index (χ0) is 13.2. The van der Waals surface area contributed by atoms with Crippen molar-refractivity contribution in [1.29, 1.82) is 0 Å². The fourth-order valence-corrected chi connectivity index (χ4v) is 3.05. The molecule has 0 aliphatic heterocycles. The van der Waals surface area contributed by atoms with Gasteiger partial charge in [-0.1, -0.05) is 29.8 Å². The van der Waals surface area contributed by atoms with Crippen LogP contribution in [0.15, 0.2) is 42.5 Å². The van der Waals surface area contributed by atoms with Gasteiger partial charge in [0.25, 0.3) is 0 Å². The molecule has 0 bridgehead atoms. The molecule has 0 saturated carbocycles. The van der Waals surface area contributed by atoms with Crippen LogP contribution in [0.5, 0.6) is 0 Å². The Morgan fingerprint density at radius 3 is 2.84 bits per heavy atom. The van der Waals surface area contributed by atoms with Crippen LogP contribution in [0.25, 0.3) is 10.2 Å². The van der Waals surface area contributed by atoms with Gasteiger partial charge >= 0.3 is 0 Å². The molecule has 19 heavy (non-hydrogen) atoms. The second-order valence-electron chi connectivity index (χ2n) is 4.34. The van der Waals surface area contributed by atoms with Crippen molar-refractivity contribution in [3.8, 4) is 0 Å². The molecule has 0 aliphatic rings. The third kappa shape index (κ3) is 2.57. The molecular weight excluding hydrogens is 276 g/mol. The third-order valence-electron chi connectivity index (χ3n) is 3.04. The van der Waals surface area contributed by atoms with Gasteiger partial charge in [-0.2, -0.15) is 0 Å². The van der Waals surface area contributed by atoms with Crippen LogP contribution in [0.1, 0.15) is 10.6 Å². The molecule has 1 aromatic heterocycles. The average Bonchev–Trinajstić information content (AvgIpc) is 2.83. The van der Waals surface area contributed by atoms with Crippen LogP contribution in [0.3, 0.4) is 0 Å². The summed E-state index contributed by atoms with van der Waals surface area (Å²) in [6.07, 6.45) is 0. The summed E-state index contributed by atoms with van der Waals surface area (Å²) >= 11 is 7.83. The van der Waals surface area contributed by atoms with Crippen LogP contribution >= 0.6 is 22.9 Å². The van der Waals surface area contributed by atoms with E-state index in [9.17, 15) is 0 Å². The lowest BCUT2D eigenvalue weighted by atomic mass is 10.2. The number of halogens is 1. The van der Waals surface area contributed by atoms with Crippen LogP contribution in [0, 0.1) is 6.92 Å². The summed E-state index contributed by atoms with van der Waals surface area (Å²) in [5.74, 6) is 0. The van der Waals surface area contributed by atoms with E-state index in [0.717, 1.165) is 33.3 Å². The number of hydrogen-bond acceptors (Lipinski definition) is 3. The highest BCUT2D eigenvalue weighted by Gasteiger charge is 2.05. The van der Waals surface area contributed by atoms with Crippen molar-refractivity contribution >= 4 is 38.8 Å². The van der Waals surface area contributed by atoms with Crippen molar-refractivity contribution < 1.29 is 0 Å². The molecule has 0 unspecified atom stereocenters. The highest BCUT2D eigenvalue weighted by Crippen LogP contribution is 2.25. The van der Waals surface area contributed by atoms with Gasteiger partial charge in [0.05, 0.1) is 16.8 Å². The second kappa shape index (κ2) is 5.19. The molecule has 2 aromatic carbocycles. The molecule has 3 rings (SSSR count). The summed E-state index contributed by atoms with van der Waals surface area (Å²) in [7, 11) is 0. The van der Waals surface area contributed by atoms with Gasteiger partial charge in [0.1, 0.15) is 5.01 Å². The Morgan fingerprint density at radius 1 is 1.16 bits per heavy atom. The molecule has 3 aromatic rings. The Hall–Kier alpha value is -1.58. The highest BCUT2D eigenvalue weighted by molar-refractivity contribution is 7.18. The molecule has 0 radical (unpaired) electrons. The van der Waals surface area contributed by atoms with Crippen LogP contribution in [0.4, 0.5) is 5.69 Å². The van der Waals surface area contributed by atoms with E-state index < -0.39 is 0 Å². The molecule has 0 amide bonds. The maximum absolute atomic E-state index is 6.11. The van der Waals surface area contributed by atoms with Gasteiger partial charge in [0.15, 0.2) is 0 Å². The van der Waals surface area contributed by atoms with Crippen LogP contribution in [0.2, 0.25) is 5.02 Å². The van der Waals surface area contributed by atoms with Gasteiger partial charge in [-0.05, 0) is 36.8 Å². The van der Waals surface area contributed by atoms with E-state index in [2.05, 4.69) is 16.4 Å². The zero-order valence-corrected chi connectivity index (χ0v) is 12.1. The fourth-order valence-electron chi connectivity index (χ4n) is 1.97.